The number of hydrogen-bond acceptors (Lipinski definition) is 4. The zero-order valence-electron chi connectivity index (χ0n) is 10.9. The van der Waals surface area contributed by atoms with Gasteiger partial charge >= 0.3 is 0 Å². The molecule has 0 saturated carbocycles. The van der Waals surface area contributed by atoms with Crippen LogP contribution in [-0.4, -0.2) is 55.2 Å². The summed E-state index contributed by atoms with van der Waals surface area (Å²) in [6.07, 6.45) is 3.85. The van der Waals surface area contributed by atoms with E-state index in [1.807, 2.05) is 18.1 Å². The third-order valence-corrected chi connectivity index (χ3v) is 3.79. The minimum atomic E-state index is -0.343. The SMILES string of the molecule is CCN(CC1CCOC1)C(=O)[C@H](N)CCSC. The molecule has 1 fully saturated rings. The fraction of sp³-hybridized carbons (Fsp3) is 0.917. The lowest BCUT2D eigenvalue weighted by Gasteiger charge is -2.26. The highest BCUT2D eigenvalue weighted by molar-refractivity contribution is 7.98. The molecule has 2 N–H and O–H groups in total. The van der Waals surface area contributed by atoms with E-state index >= 15 is 0 Å². The van der Waals surface area contributed by atoms with Crippen molar-refractivity contribution in [1.82, 2.24) is 4.90 Å². The molecule has 100 valence electrons. The molecule has 5 heteroatoms. The summed E-state index contributed by atoms with van der Waals surface area (Å²) in [7, 11) is 0. The highest BCUT2D eigenvalue weighted by atomic mass is 32.2. The van der Waals surface area contributed by atoms with Crippen LogP contribution in [0.25, 0.3) is 0 Å². The van der Waals surface area contributed by atoms with Gasteiger partial charge in [0.1, 0.15) is 0 Å². The van der Waals surface area contributed by atoms with E-state index in [-0.39, 0.29) is 11.9 Å². The van der Waals surface area contributed by atoms with Crippen molar-refractivity contribution in [1.29, 1.82) is 0 Å². The Morgan fingerprint density at radius 2 is 2.41 bits per heavy atom. The maximum Gasteiger partial charge on any atom is 0.239 e. The molecule has 0 bridgehead atoms. The molecule has 1 amide bonds. The molecule has 1 aliphatic rings. The molecule has 0 aliphatic carbocycles. The Morgan fingerprint density at radius 3 is 2.94 bits per heavy atom. The molecule has 1 aliphatic heterocycles. The molecule has 4 nitrogen and oxygen atoms in total. The Morgan fingerprint density at radius 1 is 1.65 bits per heavy atom. The van der Waals surface area contributed by atoms with Gasteiger partial charge in [0.25, 0.3) is 0 Å². The molecular formula is C12H24N2O2S. The highest BCUT2D eigenvalue weighted by Crippen LogP contribution is 2.14. The van der Waals surface area contributed by atoms with Crippen molar-refractivity contribution in [3.63, 3.8) is 0 Å². The Balaban J connectivity index is 2.39. The third-order valence-electron chi connectivity index (χ3n) is 3.15. The highest BCUT2D eigenvalue weighted by Gasteiger charge is 2.24. The number of carbonyl (C=O) groups is 1. The third kappa shape index (κ3) is 4.85. The second-order valence-corrected chi connectivity index (χ2v) is 5.48. The number of carbonyl (C=O) groups excluding carboxylic acids is 1. The minimum Gasteiger partial charge on any atom is -0.381 e. The number of amides is 1. The average Bonchev–Trinajstić information content (AvgIpc) is 2.84. The normalized spacial score (nSPS) is 21.5. The van der Waals surface area contributed by atoms with Gasteiger partial charge in [0.05, 0.1) is 12.6 Å². The van der Waals surface area contributed by atoms with Crippen LogP contribution in [0, 0.1) is 5.92 Å². The van der Waals surface area contributed by atoms with Crippen LogP contribution in [-0.2, 0) is 9.53 Å². The number of nitrogens with zero attached hydrogens (tertiary/aromatic N) is 1. The first-order valence-electron chi connectivity index (χ1n) is 6.30. The summed E-state index contributed by atoms with van der Waals surface area (Å²) in [5, 5.41) is 0. The second kappa shape index (κ2) is 7.95. The van der Waals surface area contributed by atoms with Crippen LogP contribution < -0.4 is 5.73 Å². The monoisotopic (exact) mass is 260 g/mol. The summed E-state index contributed by atoms with van der Waals surface area (Å²) in [5.74, 6) is 1.52. The molecular weight excluding hydrogens is 236 g/mol. The largest absolute Gasteiger partial charge is 0.381 e. The van der Waals surface area contributed by atoms with E-state index in [1.165, 1.54) is 0 Å². The lowest BCUT2D eigenvalue weighted by atomic mass is 10.1. The summed E-state index contributed by atoms with van der Waals surface area (Å²) in [5.41, 5.74) is 5.92. The van der Waals surface area contributed by atoms with Crippen LogP contribution >= 0.6 is 11.8 Å². The second-order valence-electron chi connectivity index (χ2n) is 4.49. The van der Waals surface area contributed by atoms with Gasteiger partial charge in [-0.05, 0) is 31.8 Å². The number of thioether (sulfide) groups is 1. The molecule has 0 aromatic rings. The molecule has 0 spiro atoms. The lowest BCUT2D eigenvalue weighted by Crippen LogP contribution is -2.45. The average molecular weight is 260 g/mol. The summed E-state index contributed by atoms with van der Waals surface area (Å²) in [4.78, 5) is 14.0. The van der Waals surface area contributed by atoms with Gasteiger partial charge in [0, 0.05) is 25.6 Å². The quantitative estimate of drug-likeness (QED) is 0.740. The van der Waals surface area contributed by atoms with E-state index in [0.717, 1.165) is 44.9 Å². The van der Waals surface area contributed by atoms with E-state index in [9.17, 15) is 4.79 Å². The summed E-state index contributed by atoms with van der Waals surface area (Å²) >= 11 is 1.73. The lowest BCUT2D eigenvalue weighted by molar-refractivity contribution is -0.133. The smallest absolute Gasteiger partial charge is 0.239 e. The predicted octanol–water partition coefficient (Wildman–Crippen LogP) is 0.952. The van der Waals surface area contributed by atoms with E-state index in [4.69, 9.17) is 10.5 Å². The molecule has 1 heterocycles. The Kier molecular flexibility index (Phi) is 6.92. The zero-order chi connectivity index (χ0) is 12.7. The summed E-state index contributed by atoms with van der Waals surface area (Å²) in [6.45, 7) is 5.15. The number of nitrogens with two attached hydrogens (primary N) is 1. The molecule has 1 saturated heterocycles. The van der Waals surface area contributed by atoms with Crippen LogP contribution in [0.2, 0.25) is 0 Å². The van der Waals surface area contributed by atoms with E-state index < -0.39 is 0 Å². The molecule has 1 unspecified atom stereocenters. The van der Waals surface area contributed by atoms with Gasteiger partial charge in [-0.15, -0.1) is 0 Å². The standard InChI is InChI=1S/C12H24N2O2S/c1-3-14(8-10-4-6-16-9-10)12(15)11(13)5-7-17-2/h10-11H,3-9,13H2,1-2H3/t10?,11-/m1/s1. The first kappa shape index (κ1) is 14.8. The van der Waals surface area contributed by atoms with E-state index in [1.54, 1.807) is 11.8 Å². The maximum atomic E-state index is 12.1. The van der Waals surface area contributed by atoms with Crippen LogP contribution in [0.5, 0.6) is 0 Å². The van der Waals surface area contributed by atoms with Gasteiger partial charge < -0.3 is 15.4 Å². The molecule has 1 rings (SSSR count). The number of likely N-dealkylation sites (N-methyl/N-ethyl adjacent to an activating group) is 1. The summed E-state index contributed by atoms with van der Waals surface area (Å²) < 4.78 is 5.34. The summed E-state index contributed by atoms with van der Waals surface area (Å²) in [6, 6.07) is -0.343. The predicted molar refractivity (Wildman–Crippen MR) is 72.2 cm³/mol. The van der Waals surface area contributed by atoms with Crippen LogP contribution in [0.4, 0.5) is 0 Å². The van der Waals surface area contributed by atoms with Gasteiger partial charge in [-0.25, -0.2) is 0 Å². The van der Waals surface area contributed by atoms with Crippen molar-refractivity contribution in [3.05, 3.63) is 0 Å². The van der Waals surface area contributed by atoms with Crippen LogP contribution in [0.3, 0.4) is 0 Å². The van der Waals surface area contributed by atoms with Crippen molar-refractivity contribution in [2.45, 2.75) is 25.8 Å². The van der Waals surface area contributed by atoms with Crippen molar-refractivity contribution >= 4 is 17.7 Å². The topological polar surface area (TPSA) is 55.6 Å². The fourth-order valence-electron chi connectivity index (χ4n) is 2.02. The maximum absolute atomic E-state index is 12.1. The molecule has 0 aromatic heterocycles. The van der Waals surface area contributed by atoms with Crippen molar-refractivity contribution in [2.75, 3.05) is 38.3 Å². The van der Waals surface area contributed by atoms with E-state index in [0.29, 0.717) is 5.92 Å². The fourth-order valence-corrected chi connectivity index (χ4v) is 2.51. The van der Waals surface area contributed by atoms with Crippen molar-refractivity contribution < 1.29 is 9.53 Å². The molecule has 0 radical (unpaired) electrons. The Bertz CT molecular complexity index is 233. The number of rotatable bonds is 7. The molecule has 17 heavy (non-hydrogen) atoms. The van der Waals surface area contributed by atoms with Crippen LogP contribution in [0.1, 0.15) is 19.8 Å². The zero-order valence-corrected chi connectivity index (χ0v) is 11.7. The van der Waals surface area contributed by atoms with Gasteiger partial charge in [0.2, 0.25) is 5.91 Å². The van der Waals surface area contributed by atoms with Crippen LogP contribution in [0.15, 0.2) is 0 Å². The van der Waals surface area contributed by atoms with Crippen molar-refractivity contribution in [3.8, 4) is 0 Å². The first-order valence-corrected chi connectivity index (χ1v) is 7.69. The molecule has 0 aromatic carbocycles. The number of hydrogen-bond donors (Lipinski definition) is 1. The van der Waals surface area contributed by atoms with Gasteiger partial charge in [0.15, 0.2) is 0 Å². The Labute approximate surface area is 108 Å². The van der Waals surface area contributed by atoms with Crippen molar-refractivity contribution in [2.24, 2.45) is 11.7 Å². The Hall–Kier alpha value is -0.260. The minimum absolute atomic E-state index is 0.0912. The van der Waals surface area contributed by atoms with Gasteiger partial charge in [-0.3, -0.25) is 4.79 Å². The van der Waals surface area contributed by atoms with E-state index in [2.05, 4.69) is 0 Å². The van der Waals surface area contributed by atoms with Gasteiger partial charge in [-0.1, -0.05) is 0 Å². The molecule has 2 atom stereocenters. The van der Waals surface area contributed by atoms with Gasteiger partial charge in [-0.2, -0.15) is 11.8 Å². The number of ether oxygens (including phenoxy) is 1. The first-order chi connectivity index (χ1) is 8.19.